The second kappa shape index (κ2) is 6.38. The highest BCUT2D eigenvalue weighted by atomic mass is 19.1. The molecule has 2 heterocycles. The van der Waals surface area contributed by atoms with Crippen molar-refractivity contribution >= 4 is 16.8 Å². The van der Waals surface area contributed by atoms with Gasteiger partial charge in [-0.15, -0.1) is 0 Å². The minimum absolute atomic E-state index is 0.0325. The third-order valence-corrected chi connectivity index (χ3v) is 4.92. The van der Waals surface area contributed by atoms with Gasteiger partial charge in [-0.05, 0) is 23.8 Å². The predicted molar refractivity (Wildman–Crippen MR) is 97.6 cm³/mol. The maximum absolute atomic E-state index is 13.7. The van der Waals surface area contributed by atoms with Crippen molar-refractivity contribution in [2.75, 3.05) is 13.1 Å². The number of nitrogens with zero attached hydrogens (tertiary/aromatic N) is 1. The van der Waals surface area contributed by atoms with Crippen molar-refractivity contribution in [1.29, 1.82) is 0 Å². The van der Waals surface area contributed by atoms with Crippen molar-refractivity contribution in [3.63, 3.8) is 0 Å². The van der Waals surface area contributed by atoms with E-state index >= 15 is 0 Å². The van der Waals surface area contributed by atoms with E-state index in [4.69, 9.17) is 5.73 Å². The molecule has 0 saturated carbocycles. The highest BCUT2D eigenvalue weighted by molar-refractivity contribution is 6.06. The Labute approximate surface area is 149 Å². The van der Waals surface area contributed by atoms with Crippen molar-refractivity contribution in [3.05, 3.63) is 81.9 Å². The number of benzene rings is 2. The molecule has 26 heavy (non-hydrogen) atoms. The third kappa shape index (κ3) is 2.88. The zero-order valence-electron chi connectivity index (χ0n) is 14.0. The largest absolute Gasteiger partial charge is 0.336 e. The van der Waals surface area contributed by atoms with E-state index in [0.29, 0.717) is 24.0 Å². The lowest BCUT2D eigenvalue weighted by Crippen LogP contribution is -2.32. The molecule has 1 aromatic heterocycles. The van der Waals surface area contributed by atoms with Crippen LogP contribution in [0.2, 0.25) is 0 Å². The maximum Gasteiger partial charge on any atom is 0.254 e. The summed E-state index contributed by atoms with van der Waals surface area (Å²) in [5.74, 6) is -0.732. The van der Waals surface area contributed by atoms with Crippen LogP contribution in [0.1, 0.15) is 21.8 Å². The minimum atomic E-state index is -0.459. The fourth-order valence-electron chi connectivity index (χ4n) is 3.62. The third-order valence-electron chi connectivity index (χ3n) is 4.92. The molecule has 1 fully saturated rings. The summed E-state index contributed by atoms with van der Waals surface area (Å²) in [4.78, 5) is 29.2. The zero-order chi connectivity index (χ0) is 18.3. The molecule has 3 N–H and O–H groups in total. The van der Waals surface area contributed by atoms with Gasteiger partial charge < -0.3 is 15.6 Å². The van der Waals surface area contributed by atoms with Crippen LogP contribution in [0.3, 0.4) is 0 Å². The number of pyridine rings is 1. The Balaban J connectivity index is 1.70. The van der Waals surface area contributed by atoms with Gasteiger partial charge in [0.2, 0.25) is 5.56 Å². The number of carbonyl (C=O) groups excluding carboxylic acids is 1. The highest BCUT2D eigenvalue weighted by Crippen LogP contribution is 2.28. The molecule has 1 saturated heterocycles. The van der Waals surface area contributed by atoms with Crippen LogP contribution in [0.25, 0.3) is 10.9 Å². The van der Waals surface area contributed by atoms with Crippen molar-refractivity contribution in [1.82, 2.24) is 9.88 Å². The van der Waals surface area contributed by atoms with Gasteiger partial charge in [0.15, 0.2) is 0 Å². The van der Waals surface area contributed by atoms with Gasteiger partial charge in [-0.1, -0.05) is 30.3 Å². The standard InChI is InChI=1S/C20H18FN3O2/c21-13-6-7-18-14(8-13)15(9-19(25)23-18)20(26)24-10-16(17(22)11-24)12-4-2-1-3-5-12/h1-9,16-17H,10-11,22H2,(H,23,25)/t16-,17+/m0/s1. The lowest BCUT2D eigenvalue weighted by Gasteiger charge is -2.17. The van der Waals surface area contributed by atoms with Crippen LogP contribution >= 0.6 is 0 Å². The van der Waals surface area contributed by atoms with Gasteiger partial charge in [0.1, 0.15) is 5.82 Å². The summed E-state index contributed by atoms with van der Waals surface area (Å²) in [5.41, 5.74) is 7.58. The lowest BCUT2D eigenvalue weighted by atomic mass is 9.95. The number of carbonyl (C=O) groups is 1. The summed E-state index contributed by atoms with van der Waals surface area (Å²) < 4.78 is 13.7. The smallest absolute Gasteiger partial charge is 0.254 e. The summed E-state index contributed by atoms with van der Waals surface area (Å²) >= 11 is 0. The van der Waals surface area contributed by atoms with Gasteiger partial charge in [0.05, 0.1) is 5.56 Å². The van der Waals surface area contributed by atoms with E-state index in [0.717, 1.165) is 5.56 Å². The van der Waals surface area contributed by atoms with Crippen LogP contribution < -0.4 is 11.3 Å². The molecule has 132 valence electrons. The first kappa shape index (κ1) is 16.5. The number of H-pyrrole nitrogens is 1. The average Bonchev–Trinajstić information content (AvgIpc) is 3.03. The number of amides is 1. The molecule has 1 aliphatic rings. The summed E-state index contributed by atoms with van der Waals surface area (Å²) in [7, 11) is 0. The number of nitrogens with two attached hydrogens (primary N) is 1. The number of aromatic nitrogens is 1. The normalized spacial score (nSPS) is 19.8. The molecule has 5 nitrogen and oxygen atoms in total. The van der Waals surface area contributed by atoms with Crippen molar-refractivity contribution in [3.8, 4) is 0 Å². The van der Waals surface area contributed by atoms with E-state index in [1.807, 2.05) is 30.3 Å². The Morgan fingerprint density at radius 2 is 1.88 bits per heavy atom. The monoisotopic (exact) mass is 351 g/mol. The van der Waals surface area contributed by atoms with Crippen molar-refractivity contribution in [2.45, 2.75) is 12.0 Å². The van der Waals surface area contributed by atoms with E-state index in [1.165, 1.54) is 24.3 Å². The lowest BCUT2D eigenvalue weighted by molar-refractivity contribution is 0.0791. The van der Waals surface area contributed by atoms with E-state index in [9.17, 15) is 14.0 Å². The van der Waals surface area contributed by atoms with Crippen LogP contribution in [0.5, 0.6) is 0 Å². The van der Waals surface area contributed by atoms with Gasteiger partial charge in [0.25, 0.3) is 5.91 Å². The molecule has 4 rings (SSSR count). The summed E-state index contributed by atoms with van der Waals surface area (Å²) in [6.07, 6.45) is 0. The molecule has 6 heteroatoms. The summed E-state index contributed by atoms with van der Waals surface area (Å²) in [6.45, 7) is 0.857. The number of fused-ring (bicyclic) bond motifs is 1. The Hall–Kier alpha value is -2.99. The van der Waals surface area contributed by atoms with Crippen LogP contribution in [0.15, 0.2) is 59.4 Å². The SMILES string of the molecule is N[C@@H]1CN(C(=O)c2cc(=O)[nH]c3ccc(F)cc23)C[C@H]1c1ccccc1. The minimum Gasteiger partial charge on any atom is -0.336 e. The van der Waals surface area contributed by atoms with Crippen molar-refractivity contribution in [2.24, 2.45) is 5.73 Å². The van der Waals surface area contributed by atoms with E-state index in [2.05, 4.69) is 4.98 Å². The van der Waals surface area contributed by atoms with Gasteiger partial charge in [-0.2, -0.15) is 0 Å². The number of likely N-dealkylation sites (tertiary alicyclic amines) is 1. The zero-order valence-corrected chi connectivity index (χ0v) is 14.0. The molecular weight excluding hydrogens is 333 g/mol. The van der Waals surface area contributed by atoms with Crippen LogP contribution in [-0.2, 0) is 0 Å². The maximum atomic E-state index is 13.7. The van der Waals surface area contributed by atoms with Crippen LogP contribution in [0, 0.1) is 5.82 Å². The van der Waals surface area contributed by atoms with Gasteiger partial charge in [-0.3, -0.25) is 9.59 Å². The van der Waals surface area contributed by atoms with Crippen LogP contribution in [-0.4, -0.2) is 34.9 Å². The van der Waals surface area contributed by atoms with Crippen LogP contribution in [0.4, 0.5) is 4.39 Å². The Bertz CT molecular complexity index is 1030. The summed E-state index contributed by atoms with van der Waals surface area (Å²) in [6, 6.07) is 14.8. The highest BCUT2D eigenvalue weighted by Gasteiger charge is 2.34. The molecular formula is C20H18FN3O2. The fraction of sp³-hybridized carbons (Fsp3) is 0.200. The number of halogens is 1. The number of rotatable bonds is 2. The molecule has 0 unspecified atom stereocenters. The predicted octanol–water partition coefficient (Wildman–Crippen LogP) is 2.23. The Kier molecular flexibility index (Phi) is 4.05. The molecule has 0 bridgehead atoms. The Morgan fingerprint density at radius 3 is 2.65 bits per heavy atom. The molecule has 2 aromatic carbocycles. The first-order valence-corrected chi connectivity index (χ1v) is 8.45. The number of hydrogen-bond acceptors (Lipinski definition) is 3. The molecule has 0 aliphatic carbocycles. The van der Waals surface area contributed by atoms with E-state index < -0.39 is 11.4 Å². The number of hydrogen-bond donors (Lipinski definition) is 2. The van der Waals surface area contributed by atoms with E-state index in [-0.39, 0.29) is 23.4 Å². The number of aromatic amines is 1. The van der Waals surface area contributed by atoms with Gasteiger partial charge >= 0.3 is 0 Å². The number of nitrogens with one attached hydrogen (secondary N) is 1. The molecule has 0 radical (unpaired) electrons. The fourth-order valence-corrected chi connectivity index (χ4v) is 3.62. The molecule has 2 atom stereocenters. The molecule has 0 spiro atoms. The van der Waals surface area contributed by atoms with Gasteiger partial charge in [0, 0.05) is 42.0 Å². The second-order valence-electron chi connectivity index (χ2n) is 6.63. The quantitative estimate of drug-likeness (QED) is 0.743. The summed E-state index contributed by atoms with van der Waals surface area (Å²) in [5, 5.41) is 0.395. The first-order valence-electron chi connectivity index (χ1n) is 8.45. The van der Waals surface area contributed by atoms with E-state index in [1.54, 1.807) is 4.90 Å². The first-order chi connectivity index (χ1) is 12.5. The molecule has 3 aromatic rings. The topological polar surface area (TPSA) is 79.2 Å². The van der Waals surface area contributed by atoms with Crippen molar-refractivity contribution < 1.29 is 9.18 Å². The van der Waals surface area contributed by atoms with Gasteiger partial charge in [-0.25, -0.2) is 4.39 Å². The molecule has 1 aliphatic heterocycles. The molecule has 1 amide bonds. The second-order valence-corrected chi connectivity index (χ2v) is 6.63. The Morgan fingerprint density at radius 1 is 1.12 bits per heavy atom. The average molecular weight is 351 g/mol.